The van der Waals surface area contributed by atoms with Crippen LogP contribution in [0.25, 0.3) is 0 Å². The standard InChI is InChI=1S/C12H21BrN4O2/c1-12(4-3-6-19-12)11(16-14)10-9(13)8-15-17(10)5-7-18-2/h8,11,16H,3-7,14H2,1-2H3. The minimum atomic E-state index is -0.303. The number of nitrogens with two attached hydrogens (primary N) is 1. The number of hydrogen-bond donors (Lipinski definition) is 2. The SMILES string of the molecule is COCCn1ncc(Br)c1C(NN)C1(C)CCCO1. The first-order valence-electron chi connectivity index (χ1n) is 6.42. The molecule has 1 aliphatic rings. The number of ether oxygens (including phenoxy) is 2. The summed E-state index contributed by atoms with van der Waals surface area (Å²) >= 11 is 3.55. The van der Waals surface area contributed by atoms with Crippen molar-refractivity contribution >= 4 is 15.9 Å². The van der Waals surface area contributed by atoms with Gasteiger partial charge < -0.3 is 9.47 Å². The van der Waals surface area contributed by atoms with Crippen LogP contribution < -0.4 is 11.3 Å². The molecule has 19 heavy (non-hydrogen) atoms. The van der Waals surface area contributed by atoms with Gasteiger partial charge in [0.15, 0.2) is 0 Å². The van der Waals surface area contributed by atoms with Crippen molar-refractivity contribution in [1.29, 1.82) is 0 Å². The van der Waals surface area contributed by atoms with Gasteiger partial charge >= 0.3 is 0 Å². The molecule has 2 heterocycles. The van der Waals surface area contributed by atoms with Crippen molar-refractivity contribution < 1.29 is 9.47 Å². The number of nitrogens with one attached hydrogen (secondary N) is 1. The Labute approximate surface area is 121 Å². The summed E-state index contributed by atoms with van der Waals surface area (Å²) in [5, 5.41) is 4.36. The maximum Gasteiger partial charge on any atom is 0.0927 e. The van der Waals surface area contributed by atoms with E-state index in [4.69, 9.17) is 15.3 Å². The maximum absolute atomic E-state index is 5.90. The first-order chi connectivity index (χ1) is 9.12. The molecule has 0 bridgehead atoms. The number of rotatable bonds is 6. The van der Waals surface area contributed by atoms with Gasteiger partial charge in [0.05, 0.1) is 41.2 Å². The van der Waals surface area contributed by atoms with Crippen LogP contribution in [0, 0.1) is 0 Å². The lowest BCUT2D eigenvalue weighted by atomic mass is 9.91. The molecule has 1 aromatic rings. The van der Waals surface area contributed by atoms with E-state index in [9.17, 15) is 0 Å². The molecule has 1 aromatic heterocycles. The van der Waals surface area contributed by atoms with Gasteiger partial charge in [-0.3, -0.25) is 10.5 Å². The highest BCUT2D eigenvalue weighted by Crippen LogP contribution is 2.39. The lowest BCUT2D eigenvalue weighted by molar-refractivity contribution is -0.0153. The molecule has 1 fully saturated rings. The molecule has 0 spiro atoms. The third kappa shape index (κ3) is 3.00. The van der Waals surface area contributed by atoms with E-state index in [1.807, 2.05) is 4.68 Å². The summed E-state index contributed by atoms with van der Waals surface area (Å²) in [6, 6.07) is -0.108. The largest absolute Gasteiger partial charge is 0.383 e. The van der Waals surface area contributed by atoms with E-state index in [-0.39, 0.29) is 11.6 Å². The smallest absolute Gasteiger partial charge is 0.0927 e. The summed E-state index contributed by atoms with van der Waals surface area (Å²) in [7, 11) is 1.68. The lowest BCUT2D eigenvalue weighted by Crippen LogP contribution is -2.45. The molecule has 0 radical (unpaired) electrons. The minimum absolute atomic E-state index is 0.108. The van der Waals surface area contributed by atoms with Crippen LogP contribution in [0.1, 0.15) is 31.5 Å². The molecule has 6 nitrogen and oxygen atoms in total. The number of hydrogen-bond acceptors (Lipinski definition) is 5. The summed E-state index contributed by atoms with van der Waals surface area (Å²) in [6.45, 7) is 4.16. The fourth-order valence-electron chi connectivity index (χ4n) is 2.59. The molecule has 108 valence electrons. The molecule has 1 aliphatic heterocycles. The Kier molecular flexibility index (Phi) is 4.97. The van der Waals surface area contributed by atoms with Gasteiger partial charge in [0, 0.05) is 13.7 Å². The minimum Gasteiger partial charge on any atom is -0.383 e. The van der Waals surface area contributed by atoms with Gasteiger partial charge in [0.2, 0.25) is 0 Å². The Bertz CT molecular complexity index is 418. The van der Waals surface area contributed by atoms with Crippen LogP contribution in [-0.4, -0.2) is 35.7 Å². The lowest BCUT2D eigenvalue weighted by Gasteiger charge is -2.33. The molecular formula is C12H21BrN4O2. The molecular weight excluding hydrogens is 312 g/mol. The van der Waals surface area contributed by atoms with Crippen LogP contribution in [0.5, 0.6) is 0 Å². The Balaban J connectivity index is 2.29. The average molecular weight is 333 g/mol. The molecule has 2 rings (SSSR count). The van der Waals surface area contributed by atoms with Crippen LogP contribution in [0.4, 0.5) is 0 Å². The number of nitrogens with zero attached hydrogens (tertiary/aromatic N) is 2. The summed E-state index contributed by atoms with van der Waals surface area (Å²) < 4.78 is 13.9. The summed E-state index contributed by atoms with van der Waals surface area (Å²) in [4.78, 5) is 0. The molecule has 3 N–H and O–H groups in total. The van der Waals surface area contributed by atoms with E-state index in [0.29, 0.717) is 13.2 Å². The second kappa shape index (κ2) is 6.32. The first-order valence-corrected chi connectivity index (χ1v) is 7.22. The quantitative estimate of drug-likeness (QED) is 0.607. The zero-order valence-corrected chi connectivity index (χ0v) is 12.9. The van der Waals surface area contributed by atoms with E-state index in [2.05, 4.69) is 33.4 Å². The number of hydrazine groups is 1. The van der Waals surface area contributed by atoms with Gasteiger partial charge in [-0.25, -0.2) is 5.43 Å². The highest BCUT2D eigenvalue weighted by Gasteiger charge is 2.41. The molecule has 2 atom stereocenters. The predicted octanol–water partition coefficient (Wildman–Crippen LogP) is 1.37. The van der Waals surface area contributed by atoms with Gasteiger partial charge in [-0.15, -0.1) is 0 Å². The van der Waals surface area contributed by atoms with Crippen molar-refractivity contribution in [3.63, 3.8) is 0 Å². The van der Waals surface area contributed by atoms with Crippen molar-refractivity contribution in [2.45, 2.75) is 38.0 Å². The molecule has 0 aliphatic carbocycles. The third-order valence-electron chi connectivity index (χ3n) is 3.64. The first kappa shape index (κ1) is 14.9. The Morgan fingerprint density at radius 3 is 3.11 bits per heavy atom. The number of methoxy groups -OCH3 is 1. The van der Waals surface area contributed by atoms with E-state index in [1.165, 1.54) is 0 Å². The molecule has 1 saturated heterocycles. The molecule has 0 aromatic carbocycles. The fourth-order valence-corrected chi connectivity index (χ4v) is 3.11. The van der Waals surface area contributed by atoms with Gasteiger partial charge in [0.1, 0.15) is 0 Å². The summed E-state index contributed by atoms with van der Waals surface area (Å²) in [6.07, 6.45) is 3.82. The van der Waals surface area contributed by atoms with Crippen molar-refractivity contribution in [3.8, 4) is 0 Å². The van der Waals surface area contributed by atoms with Crippen LogP contribution in [0.3, 0.4) is 0 Å². The topological polar surface area (TPSA) is 74.3 Å². The third-order valence-corrected chi connectivity index (χ3v) is 4.25. The second-order valence-corrected chi connectivity index (χ2v) is 5.81. The fraction of sp³-hybridized carbons (Fsp3) is 0.750. The second-order valence-electron chi connectivity index (χ2n) is 4.96. The number of aromatic nitrogens is 2. The Morgan fingerprint density at radius 2 is 2.53 bits per heavy atom. The van der Waals surface area contributed by atoms with Crippen molar-refractivity contribution in [3.05, 3.63) is 16.4 Å². The van der Waals surface area contributed by atoms with Crippen LogP contribution >= 0.6 is 15.9 Å². The van der Waals surface area contributed by atoms with Crippen LogP contribution in [0.2, 0.25) is 0 Å². The van der Waals surface area contributed by atoms with Gasteiger partial charge in [-0.2, -0.15) is 5.10 Å². The van der Waals surface area contributed by atoms with E-state index in [1.54, 1.807) is 13.3 Å². The predicted molar refractivity (Wildman–Crippen MR) is 75.5 cm³/mol. The van der Waals surface area contributed by atoms with Crippen molar-refractivity contribution in [2.24, 2.45) is 5.84 Å². The average Bonchev–Trinajstić information content (AvgIpc) is 2.97. The Morgan fingerprint density at radius 1 is 1.74 bits per heavy atom. The zero-order chi connectivity index (χ0) is 13.9. The van der Waals surface area contributed by atoms with Gasteiger partial charge in [-0.05, 0) is 35.7 Å². The molecule has 0 amide bonds. The van der Waals surface area contributed by atoms with Crippen LogP contribution in [-0.2, 0) is 16.0 Å². The van der Waals surface area contributed by atoms with Crippen molar-refractivity contribution in [2.75, 3.05) is 20.3 Å². The highest BCUT2D eigenvalue weighted by atomic mass is 79.9. The Hall–Kier alpha value is -0.470. The van der Waals surface area contributed by atoms with E-state index < -0.39 is 0 Å². The van der Waals surface area contributed by atoms with E-state index >= 15 is 0 Å². The zero-order valence-electron chi connectivity index (χ0n) is 11.4. The highest BCUT2D eigenvalue weighted by molar-refractivity contribution is 9.10. The van der Waals surface area contributed by atoms with Gasteiger partial charge in [0.25, 0.3) is 0 Å². The van der Waals surface area contributed by atoms with E-state index in [0.717, 1.165) is 29.6 Å². The van der Waals surface area contributed by atoms with Crippen molar-refractivity contribution in [1.82, 2.24) is 15.2 Å². The van der Waals surface area contributed by atoms with Gasteiger partial charge in [-0.1, -0.05) is 0 Å². The van der Waals surface area contributed by atoms with Crippen LogP contribution in [0.15, 0.2) is 10.7 Å². The number of halogens is 1. The summed E-state index contributed by atoms with van der Waals surface area (Å²) in [5.74, 6) is 5.77. The normalized spacial score (nSPS) is 24.8. The molecule has 7 heteroatoms. The maximum atomic E-state index is 5.90. The molecule has 0 saturated carbocycles. The summed E-state index contributed by atoms with van der Waals surface area (Å²) in [5.41, 5.74) is 3.59. The molecule has 2 unspecified atom stereocenters. The monoisotopic (exact) mass is 332 g/mol.